The minimum absolute atomic E-state index is 0.0694. The molecule has 0 aliphatic rings. The second-order valence-electron chi connectivity index (χ2n) is 7.28. The zero-order valence-corrected chi connectivity index (χ0v) is 18.9. The van der Waals surface area contributed by atoms with E-state index in [2.05, 4.69) is 4.98 Å². The first-order chi connectivity index (χ1) is 16.2. The normalized spacial score (nSPS) is 11.8. The molecule has 2 heterocycles. The Balaban J connectivity index is 1.37. The van der Waals surface area contributed by atoms with Gasteiger partial charge in [0.2, 0.25) is 0 Å². The van der Waals surface area contributed by atoms with Gasteiger partial charge in [0.1, 0.15) is 19.0 Å². The van der Waals surface area contributed by atoms with Gasteiger partial charge in [-0.15, -0.1) is 0 Å². The van der Waals surface area contributed by atoms with Gasteiger partial charge in [0.25, 0.3) is 5.56 Å². The van der Waals surface area contributed by atoms with E-state index in [1.54, 1.807) is 4.40 Å². The molecule has 5 rings (SSSR count). The van der Waals surface area contributed by atoms with E-state index in [1.807, 2.05) is 85.8 Å². The summed E-state index contributed by atoms with van der Waals surface area (Å²) < 4.78 is 19.6. The standard InChI is InChI=1S/C26H22N2O4S/c1-2-30-23-16-18(12-13-22(23)32-15-14-31-19-8-4-3-5-9-19)17-24-25(29)28-21-11-7-6-10-20(21)27-26(28)33-24/h3-13,16-17H,2,14-15H2,1H3. The summed E-state index contributed by atoms with van der Waals surface area (Å²) in [5.41, 5.74) is 2.44. The number of nitrogens with zero attached hydrogens (tertiary/aromatic N) is 2. The van der Waals surface area contributed by atoms with E-state index in [0.29, 0.717) is 40.8 Å². The van der Waals surface area contributed by atoms with Crippen LogP contribution in [0.25, 0.3) is 22.1 Å². The Labute approximate surface area is 194 Å². The molecule has 0 spiro atoms. The lowest BCUT2D eigenvalue weighted by atomic mass is 10.2. The Hall–Kier alpha value is -3.84. The predicted molar refractivity (Wildman–Crippen MR) is 131 cm³/mol. The van der Waals surface area contributed by atoms with E-state index in [4.69, 9.17) is 14.2 Å². The number of para-hydroxylation sites is 3. The number of benzene rings is 3. The summed E-state index contributed by atoms with van der Waals surface area (Å²) in [6.07, 6.45) is 1.86. The summed E-state index contributed by atoms with van der Waals surface area (Å²) in [6, 6.07) is 22.9. The van der Waals surface area contributed by atoms with E-state index < -0.39 is 0 Å². The predicted octanol–water partition coefficient (Wildman–Crippen LogP) is 4.31. The Morgan fingerprint density at radius 1 is 0.909 bits per heavy atom. The van der Waals surface area contributed by atoms with Crippen molar-refractivity contribution < 1.29 is 14.2 Å². The third-order valence-electron chi connectivity index (χ3n) is 5.06. The van der Waals surface area contributed by atoms with Crippen molar-refractivity contribution in [2.45, 2.75) is 6.92 Å². The summed E-state index contributed by atoms with van der Waals surface area (Å²) in [5.74, 6) is 2.07. The van der Waals surface area contributed by atoms with Crippen LogP contribution in [0.15, 0.2) is 77.6 Å². The SMILES string of the molecule is CCOc1cc(C=c2sc3nc4ccccc4n3c2=O)ccc1OCCOc1ccccc1. The highest BCUT2D eigenvalue weighted by Gasteiger charge is 2.11. The lowest BCUT2D eigenvalue weighted by molar-refractivity contribution is 0.208. The van der Waals surface area contributed by atoms with Crippen LogP contribution in [0.1, 0.15) is 12.5 Å². The van der Waals surface area contributed by atoms with E-state index in [9.17, 15) is 4.79 Å². The van der Waals surface area contributed by atoms with Crippen molar-refractivity contribution in [2.24, 2.45) is 0 Å². The van der Waals surface area contributed by atoms with Crippen molar-refractivity contribution in [2.75, 3.05) is 19.8 Å². The van der Waals surface area contributed by atoms with Crippen LogP contribution in [0.2, 0.25) is 0 Å². The summed E-state index contributed by atoms with van der Waals surface area (Å²) in [5, 5.41) is 0. The van der Waals surface area contributed by atoms with Crippen LogP contribution in [-0.4, -0.2) is 29.2 Å². The van der Waals surface area contributed by atoms with Crippen molar-refractivity contribution in [3.63, 3.8) is 0 Å². The van der Waals surface area contributed by atoms with Gasteiger partial charge in [-0.05, 0) is 55.0 Å². The van der Waals surface area contributed by atoms with E-state index in [0.717, 1.165) is 22.3 Å². The van der Waals surface area contributed by atoms with Crippen LogP contribution in [0.5, 0.6) is 17.2 Å². The molecule has 0 unspecified atom stereocenters. The fourth-order valence-corrected chi connectivity index (χ4v) is 4.58. The number of rotatable bonds is 8. The molecule has 166 valence electrons. The smallest absolute Gasteiger partial charge is 0.274 e. The van der Waals surface area contributed by atoms with Gasteiger partial charge in [0, 0.05) is 0 Å². The second-order valence-corrected chi connectivity index (χ2v) is 8.29. The fourth-order valence-electron chi connectivity index (χ4n) is 3.59. The Morgan fingerprint density at radius 3 is 2.55 bits per heavy atom. The molecule has 6 nitrogen and oxygen atoms in total. The highest BCUT2D eigenvalue weighted by Crippen LogP contribution is 2.29. The van der Waals surface area contributed by atoms with Gasteiger partial charge in [0.05, 0.1) is 22.2 Å². The van der Waals surface area contributed by atoms with Crippen LogP contribution in [0.3, 0.4) is 0 Å². The zero-order valence-electron chi connectivity index (χ0n) is 18.1. The third kappa shape index (κ3) is 4.40. The van der Waals surface area contributed by atoms with Gasteiger partial charge in [-0.3, -0.25) is 4.79 Å². The molecule has 3 aromatic carbocycles. The molecule has 33 heavy (non-hydrogen) atoms. The first-order valence-electron chi connectivity index (χ1n) is 10.7. The molecule has 0 amide bonds. The first-order valence-corrected chi connectivity index (χ1v) is 11.5. The molecular formula is C26H22N2O4S. The maximum Gasteiger partial charge on any atom is 0.274 e. The molecule has 0 N–H and O–H groups in total. The number of hydrogen-bond donors (Lipinski definition) is 0. The van der Waals surface area contributed by atoms with E-state index in [-0.39, 0.29) is 5.56 Å². The maximum absolute atomic E-state index is 13.0. The molecule has 0 aliphatic heterocycles. The molecule has 7 heteroatoms. The van der Waals surface area contributed by atoms with E-state index >= 15 is 0 Å². The molecule has 0 aliphatic carbocycles. The van der Waals surface area contributed by atoms with Crippen molar-refractivity contribution >= 4 is 33.4 Å². The lowest BCUT2D eigenvalue weighted by Crippen LogP contribution is -2.22. The van der Waals surface area contributed by atoms with Gasteiger partial charge in [-0.25, -0.2) is 9.38 Å². The molecule has 2 aromatic heterocycles. The van der Waals surface area contributed by atoms with Crippen molar-refractivity contribution in [1.29, 1.82) is 0 Å². The molecular weight excluding hydrogens is 436 g/mol. The number of aromatic nitrogens is 2. The van der Waals surface area contributed by atoms with Gasteiger partial charge in [0.15, 0.2) is 16.5 Å². The average molecular weight is 459 g/mol. The number of thiazole rings is 1. The third-order valence-corrected chi connectivity index (χ3v) is 6.03. The summed E-state index contributed by atoms with van der Waals surface area (Å²) in [7, 11) is 0. The number of fused-ring (bicyclic) bond motifs is 3. The van der Waals surface area contributed by atoms with Crippen molar-refractivity contribution in [1.82, 2.24) is 9.38 Å². The van der Waals surface area contributed by atoms with Crippen LogP contribution in [0.4, 0.5) is 0 Å². The topological polar surface area (TPSA) is 62.1 Å². The Kier molecular flexibility index (Phi) is 5.95. The molecule has 0 radical (unpaired) electrons. The minimum atomic E-state index is -0.0694. The van der Waals surface area contributed by atoms with Crippen LogP contribution >= 0.6 is 11.3 Å². The minimum Gasteiger partial charge on any atom is -0.490 e. The number of hydrogen-bond acceptors (Lipinski definition) is 6. The number of ether oxygens (including phenoxy) is 3. The Morgan fingerprint density at radius 2 is 1.70 bits per heavy atom. The highest BCUT2D eigenvalue weighted by atomic mass is 32.1. The molecule has 0 atom stereocenters. The van der Waals surface area contributed by atoms with Crippen LogP contribution in [-0.2, 0) is 0 Å². The molecule has 0 fully saturated rings. The quantitative estimate of drug-likeness (QED) is 0.324. The van der Waals surface area contributed by atoms with Crippen LogP contribution in [0, 0.1) is 0 Å². The maximum atomic E-state index is 13.0. The summed E-state index contributed by atoms with van der Waals surface area (Å²) in [6.45, 7) is 3.24. The fraction of sp³-hybridized carbons (Fsp3) is 0.154. The van der Waals surface area contributed by atoms with E-state index in [1.165, 1.54) is 11.3 Å². The summed E-state index contributed by atoms with van der Waals surface area (Å²) in [4.78, 5) is 18.3. The van der Waals surface area contributed by atoms with Gasteiger partial charge < -0.3 is 14.2 Å². The van der Waals surface area contributed by atoms with Gasteiger partial charge >= 0.3 is 0 Å². The second kappa shape index (κ2) is 9.34. The zero-order chi connectivity index (χ0) is 22.6. The van der Waals surface area contributed by atoms with Crippen LogP contribution < -0.4 is 24.3 Å². The first kappa shape index (κ1) is 21.0. The summed E-state index contributed by atoms with van der Waals surface area (Å²) >= 11 is 1.38. The Bertz CT molecular complexity index is 1510. The molecule has 5 aromatic rings. The molecule has 0 saturated heterocycles. The van der Waals surface area contributed by atoms with Gasteiger partial charge in [-0.1, -0.05) is 47.7 Å². The lowest BCUT2D eigenvalue weighted by Gasteiger charge is -2.13. The molecule has 0 saturated carbocycles. The monoisotopic (exact) mass is 458 g/mol. The largest absolute Gasteiger partial charge is 0.490 e. The average Bonchev–Trinajstić information content (AvgIpc) is 3.35. The van der Waals surface area contributed by atoms with Crippen molar-refractivity contribution in [3.05, 3.63) is 93.2 Å². The van der Waals surface area contributed by atoms with Gasteiger partial charge in [-0.2, -0.15) is 0 Å². The molecule has 0 bridgehead atoms. The highest BCUT2D eigenvalue weighted by molar-refractivity contribution is 7.15. The number of imidazole rings is 1. The van der Waals surface area contributed by atoms with Crippen molar-refractivity contribution in [3.8, 4) is 17.2 Å².